The minimum Gasteiger partial charge on any atom is -0.388 e. The van der Waals surface area contributed by atoms with Crippen molar-refractivity contribution in [3.05, 3.63) is 0 Å². The van der Waals surface area contributed by atoms with Gasteiger partial charge in [0.25, 0.3) is 0 Å². The summed E-state index contributed by atoms with van der Waals surface area (Å²) in [6.07, 6.45) is 3.00. The molecule has 0 aliphatic heterocycles. The second-order valence-corrected chi connectivity index (χ2v) is 2.89. The maximum absolute atomic E-state index is 9.16. The molecule has 0 fully saturated rings. The van der Waals surface area contributed by atoms with Crippen LogP contribution in [0.1, 0.15) is 26.2 Å². The van der Waals surface area contributed by atoms with E-state index in [9.17, 15) is 0 Å². The molecule has 0 saturated carbocycles. The van der Waals surface area contributed by atoms with Crippen molar-refractivity contribution in [3.8, 4) is 0 Å². The van der Waals surface area contributed by atoms with E-state index >= 15 is 0 Å². The Balaban J connectivity index is 2.97. The number of ether oxygens (including phenoxy) is 2. The highest BCUT2D eigenvalue weighted by Crippen LogP contribution is 1.95. The van der Waals surface area contributed by atoms with Gasteiger partial charge in [-0.15, -0.1) is 0 Å². The van der Waals surface area contributed by atoms with Crippen molar-refractivity contribution >= 4 is 0 Å². The highest BCUT2D eigenvalue weighted by Gasteiger charge is 2.01. The lowest BCUT2D eigenvalue weighted by Gasteiger charge is -2.09. The van der Waals surface area contributed by atoms with Gasteiger partial charge in [-0.05, 0) is 6.42 Å². The summed E-state index contributed by atoms with van der Waals surface area (Å²) in [6.45, 7) is 3.64. The zero-order valence-corrected chi connectivity index (χ0v) is 8.08. The Morgan fingerprint density at radius 2 is 2.00 bits per heavy atom. The van der Waals surface area contributed by atoms with E-state index < -0.39 is 6.10 Å². The monoisotopic (exact) mass is 176 g/mol. The van der Waals surface area contributed by atoms with E-state index in [-0.39, 0.29) is 0 Å². The number of unbranched alkanes of at least 4 members (excludes halogenated alkanes) is 2. The molecule has 74 valence electrons. The van der Waals surface area contributed by atoms with Crippen LogP contribution in [0.25, 0.3) is 0 Å². The van der Waals surface area contributed by atoms with Gasteiger partial charge in [-0.2, -0.15) is 0 Å². The Morgan fingerprint density at radius 1 is 1.25 bits per heavy atom. The fourth-order valence-corrected chi connectivity index (χ4v) is 0.914. The van der Waals surface area contributed by atoms with Gasteiger partial charge in [0.1, 0.15) is 6.10 Å². The molecule has 0 radical (unpaired) electrons. The highest BCUT2D eigenvalue weighted by atomic mass is 16.5. The Hall–Kier alpha value is -0.120. The van der Waals surface area contributed by atoms with Crippen molar-refractivity contribution in [2.75, 3.05) is 26.9 Å². The minimum atomic E-state index is -0.475. The maximum atomic E-state index is 9.16. The van der Waals surface area contributed by atoms with Gasteiger partial charge in [-0.3, -0.25) is 0 Å². The van der Waals surface area contributed by atoms with Gasteiger partial charge in [-0.25, -0.2) is 0 Å². The summed E-state index contributed by atoms with van der Waals surface area (Å²) in [4.78, 5) is 0. The number of hydrogen-bond acceptors (Lipinski definition) is 3. The molecule has 0 aliphatic carbocycles. The zero-order chi connectivity index (χ0) is 9.23. The van der Waals surface area contributed by atoms with Crippen molar-refractivity contribution in [1.82, 2.24) is 0 Å². The quantitative estimate of drug-likeness (QED) is 0.565. The third kappa shape index (κ3) is 7.98. The largest absolute Gasteiger partial charge is 0.388 e. The second-order valence-electron chi connectivity index (χ2n) is 2.89. The third-order valence-corrected chi connectivity index (χ3v) is 1.56. The Bertz CT molecular complexity index is 85.8. The van der Waals surface area contributed by atoms with Crippen LogP contribution in [-0.2, 0) is 9.47 Å². The van der Waals surface area contributed by atoms with Crippen molar-refractivity contribution in [2.24, 2.45) is 0 Å². The summed E-state index contributed by atoms with van der Waals surface area (Å²) in [5.41, 5.74) is 0. The van der Waals surface area contributed by atoms with Gasteiger partial charge >= 0.3 is 0 Å². The maximum Gasteiger partial charge on any atom is 0.101 e. The smallest absolute Gasteiger partial charge is 0.101 e. The topological polar surface area (TPSA) is 38.7 Å². The van der Waals surface area contributed by atoms with Crippen LogP contribution in [0.2, 0.25) is 0 Å². The average Bonchev–Trinajstić information content (AvgIpc) is 2.05. The average molecular weight is 176 g/mol. The number of aliphatic hydroxyl groups excluding tert-OH is 1. The van der Waals surface area contributed by atoms with E-state index in [1.165, 1.54) is 12.8 Å². The van der Waals surface area contributed by atoms with Crippen LogP contribution in [0.4, 0.5) is 0 Å². The Labute approximate surface area is 74.7 Å². The van der Waals surface area contributed by atoms with Crippen molar-refractivity contribution in [1.29, 1.82) is 0 Å². The number of methoxy groups -OCH3 is 1. The third-order valence-electron chi connectivity index (χ3n) is 1.56. The van der Waals surface area contributed by atoms with Crippen LogP contribution in [-0.4, -0.2) is 38.1 Å². The lowest BCUT2D eigenvalue weighted by molar-refractivity contribution is -0.00677. The normalized spacial score (nSPS) is 13.2. The number of hydrogen-bond donors (Lipinski definition) is 1. The molecule has 0 saturated heterocycles. The summed E-state index contributed by atoms with van der Waals surface area (Å²) in [5.74, 6) is 0. The van der Waals surface area contributed by atoms with Crippen LogP contribution in [0.15, 0.2) is 0 Å². The fraction of sp³-hybridized carbons (Fsp3) is 1.00. The highest BCUT2D eigenvalue weighted by molar-refractivity contribution is 4.50. The van der Waals surface area contributed by atoms with E-state index in [4.69, 9.17) is 14.6 Å². The van der Waals surface area contributed by atoms with E-state index in [0.717, 1.165) is 13.0 Å². The summed E-state index contributed by atoms with van der Waals surface area (Å²) in [5, 5.41) is 9.16. The minimum absolute atomic E-state index is 0.355. The molecule has 0 aromatic rings. The van der Waals surface area contributed by atoms with Gasteiger partial charge in [0.05, 0.1) is 13.2 Å². The SMILES string of the molecule is CCCCCOC[C@@H](O)COC. The standard InChI is InChI=1S/C9H20O3/c1-3-4-5-6-12-8-9(10)7-11-2/h9-10H,3-8H2,1-2H3/t9-/m0/s1. The van der Waals surface area contributed by atoms with Gasteiger partial charge in [0.2, 0.25) is 0 Å². The van der Waals surface area contributed by atoms with E-state index in [2.05, 4.69) is 6.92 Å². The predicted molar refractivity (Wildman–Crippen MR) is 48.2 cm³/mol. The predicted octanol–water partition coefficient (Wildman–Crippen LogP) is 1.20. The number of rotatable bonds is 8. The van der Waals surface area contributed by atoms with Crippen molar-refractivity contribution in [2.45, 2.75) is 32.3 Å². The number of aliphatic hydroxyl groups is 1. The molecule has 0 amide bonds. The molecule has 3 heteroatoms. The Morgan fingerprint density at radius 3 is 2.58 bits per heavy atom. The summed E-state index contributed by atoms with van der Waals surface area (Å²) >= 11 is 0. The molecule has 0 spiro atoms. The molecule has 12 heavy (non-hydrogen) atoms. The summed E-state index contributed by atoms with van der Waals surface area (Å²) < 4.78 is 9.97. The van der Waals surface area contributed by atoms with Gasteiger partial charge in [0.15, 0.2) is 0 Å². The zero-order valence-electron chi connectivity index (χ0n) is 8.08. The van der Waals surface area contributed by atoms with Crippen LogP contribution in [0, 0.1) is 0 Å². The lowest BCUT2D eigenvalue weighted by Crippen LogP contribution is -2.21. The van der Waals surface area contributed by atoms with Gasteiger partial charge in [0, 0.05) is 13.7 Å². The summed E-state index contributed by atoms with van der Waals surface area (Å²) in [6, 6.07) is 0. The molecule has 3 nitrogen and oxygen atoms in total. The molecular formula is C9H20O3. The summed E-state index contributed by atoms with van der Waals surface area (Å²) in [7, 11) is 1.57. The van der Waals surface area contributed by atoms with Crippen LogP contribution in [0.5, 0.6) is 0 Å². The first-order valence-electron chi connectivity index (χ1n) is 4.56. The molecule has 0 unspecified atom stereocenters. The Kier molecular flexibility index (Phi) is 8.88. The molecular weight excluding hydrogens is 156 g/mol. The van der Waals surface area contributed by atoms with E-state index in [1.807, 2.05) is 0 Å². The first kappa shape index (κ1) is 11.9. The first-order valence-corrected chi connectivity index (χ1v) is 4.56. The van der Waals surface area contributed by atoms with Crippen molar-refractivity contribution < 1.29 is 14.6 Å². The molecule has 1 N–H and O–H groups in total. The molecule has 0 bridgehead atoms. The van der Waals surface area contributed by atoms with Gasteiger partial charge in [-0.1, -0.05) is 19.8 Å². The first-order chi connectivity index (χ1) is 5.81. The molecule has 0 aliphatic rings. The van der Waals surface area contributed by atoms with E-state index in [0.29, 0.717) is 13.2 Å². The van der Waals surface area contributed by atoms with Gasteiger partial charge < -0.3 is 14.6 Å². The van der Waals surface area contributed by atoms with Crippen LogP contribution in [0.3, 0.4) is 0 Å². The molecule has 0 aromatic carbocycles. The lowest BCUT2D eigenvalue weighted by atomic mass is 10.3. The fourth-order valence-electron chi connectivity index (χ4n) is 0.914. The second kappa shape index (κ2) is 8.97. The van der Waals surface area contributed by atoms with E-state index in [1.54, 1.807) is 7.11 Å². The van der Waals surface area contributed by atoms with Crippen LogP contribution < -0.4 is 0 Å². The molecule has 0 rings (SSSR count). The van der Waals surface area contributed by atoms with Crippen LogP contribution >= 0.6 is 0 Å². The molecule has 1 atom stereocenters. The van der Waals surface area contributed by atoms with Crippen molar-refractivity contribution in [3.63, 3.8) is 0 Å². The molecule has 0 heterocycles. The molecule has 0 aromatic heterocycles.